The monoisotopic (exact) mass is 271 g/mol. The van der Waals surface area contributed by atoms with Crippen molar-refractivity contribution >= 4 is 17.4 Å². The molecule has 0 saturated heterocycles. The summed E-state index contributed by atoms with van der Waals surface area (Å²) >= 11 is 6.00. The summed E-state index contributed by atoms with van der Waals surface area (Å²) in [7, 11) is 0. The van der Waals surface area contributed by atoms with E-state index in [0.717, 1.165) is 29.7 Å². The summed E-state index contributed by atoms with van der Waals surface area (Å²) in [6, 6.07) is 9.45. The van der Waals surface area contributed by atoms with Gasteiger partial charge < -0.3 is 0 Å². The van der Waals surface area contributed by atoms with Gasteiger partial charge in [0.1, 0.15) is 0 Å². The Kier molecular flexibility index (Phi) is 3.11. The SMILES string of the molecule is Cc1cc(C(=O)C2CCc3cccnc32)ccc1Cl. The normalized spacial score (nSPS) is 17.3. The fraction of sp³-hybridized carbons (Fsp3) is 0.250. The molecule has 0 amide bonds. The zero-order valence-electron chi connectivity index (χ0n) is 10.7. The summed E-state index contributed by atoms with van der Waals surface area (Å²) < 4.78 is 0. The first kappa shape index (κ1) is 12.4. The van der Waals surface area contributed by atoms with Gasteiger partial charge in [0.2, 0.25) is 0 Å². The molecule has 1 heterocycles. The van der Waals surface area contributed by atoms with Crippen LogP contribution in [0.2, 0.25) is 5.02 Å². The second-order valence-corrected chi connectivity index (χ2v) is 5.37. The number of Topliss-reactive ketones (excluding diaryl/α,β-unsaturated/α-hetero) is 1. The molecule has 19 heavy (non-hydrogen) atoms. The molecule has 1 aromatic carbocycles. The molecule has 0 spiro atoms. The number of benzene rings is 1. The summed E-state index contributed by atoms with van der Waals surface area (Å²) in [4.78, 5) is 17.0. The molecule has 2 aromatic rings. The first-order valence-corrected chi connectivity index (χ1v) is 6.79. The first-order valence-electron chi connectivity index (χ1n) is 6.41. The van der Waals surface area contributed by atoms with E-state index >= 15 is 0 Å². The minimum atomic E-state index is -0.100. The Morgan fingerprint density at radius 1 is 1.37 bits per heavy atom. The van der Waals surface area contributed by atoms with Gasteiger partial charge >= 0.3 is 0 Å². The Morgan fingerprint density at radius 2 is 2.21 bits per heavy atom. The number of rotatable bonds is 2. The van der Waals surface area contributed by atoms with Gasteiger partial charge in [-0.2, -0.15) is 0 Å². The second kappa shape index (κ2) is 4.78. The summed E-state index contributed by atoms with van der Waals surface area (Å²) in [6.45, 7) is 1.92. The van der Waals surface area contributed by atoms with Crippen LogP contribution in [0.4, 0.5) is 0 Å². The zero-order valence-corrected chi connectivity index (χ0v) is 11.4. The number of hydrogen-bond donors (Lipinski definition) is 0. The van der Waals surface area contributed by atoms with Crippen LogP contribution in [0.1, 0.15) is 39.5 Å². The van der Waals surface area contributed by atoms with E-state index in [-0.39, 0.29) is 11.7 Å². The first-order chi connectivity index (χ1) is 9.16. The van der Waals surface area contributed by atoms with Crippen LogP contribution >= 0.6 is 11.6 Å². The van der Waals surface area contributed by atoms with Crippen molar-refractivity contribution in [2.45, 2.75) is 25.7 Å². The molecule has 0 bridgehead atoms. The van der Waals surface area contributed by atoms with Gasteiger partial charge in [0.05, 0.1) is 11.6 Å². The molecular weight excluding hydrogens is 258 g/mol. The molecule has 96 valence electrons. The van der Waals surface area contributed by atoms with E-state index in [1.165, 1.54) is 5.56 Å². The molecule has 0 radical (unpaired) electrons. The number of carbonyl (C=O) groups is 1. The van der Waals surface area contributed by atoms with Crippen molar-refractivity contribution in [3.05, 3.63) is 63.9 Å². The third kappa shape index (κ3) is 2.17. The van der Waals surface area contributed by atoms with Crippen LogP contribution in [-0.4, -0.2) is 10.8 Å². The summed E-state index contributed by atoms with van der Waals surface area (Å²) in [6.07, 6.45) is 3.55. The van der Waals surface area contributed by atoms with Crippen molar-refractivity contribution in [2.24, 2.45) is 0 Å². The van der Waals surface area contributed by atoms with Crippen LogP contribution in [-0.2, 0) is 6.42 Å². The molecule has 3 heteroatoms. The van der Waals surface area contributed by atoms with E-state index in [1.807, 2.05) is 19.1 Å². The lowest BCUT2D eigenvalue weighted by Gasteiger charge is -2.10. The highest BCUT2D eigenvalue weighted by atomic mass is 35.5. The summed E-state index contributed by atoms with van der Waals surface area (Å²) in [5.74, 6) is 0.0500. The van der Waals surface area contributed by atoms with Crippen molar-refractivity contribution in [1.29, 1.82) is 0 Å². The molecule has 1 aliphatic carbocycles. The minimum absolute atomic E-state index is 0.100. The van der Waals surface area contributed by atoms with E-state index in [0.29, 0.717) is 5.02 Å². The highest BCUT2D eigenvalue weighted by Crippen LogP contribution is 2.34. The molecule has 1 atom stereocenters. The lowest BCUT2D eigenvalue weighted by atomic mass is 9.94. The van der Waals surface area contributed by atoms with Crippen LogP contribution in [0.15, 0.2) is 36.5 Å². The van der Waals surface area contributed by atoms with E-state index < -0.39 is 0 Å². The number of aryl methyl sites for hydroxylation is 2. The van der Waals surface area contributed by atoms with Crippen molar-refractivity contribution in [1.82, 2.24) is 4.98 Å². The molecule has 3 rings (SSSR count). The third-order valence-corrected chi connectivity index (χ3v) is 4.14. The Bertz CT molecular complexity index is 651. The Labute approximate surface area is 117 Å². The second-order valence-electron chi connectivity index (χ2n) is 4.97. The van der Waals surface area contributed by atoms with Gasteiger partial charge in [-0.15, -0.1) is 0 Å². The highest BCUT2D eigenvalue weighted by Gasteiger charge is 2.30. The molecule has 1 aliphatic rings. The molecule has 0 N–H and O–H groups in total. The van der Waals surface area contributed by atoms with Gasteiger partial charge in [-0.3, -0.25) is 9.78 Å². The summed E-state index contributed by atoms with van der Waals surface area (Å²) in [5.41, 5.74) is 3.81. The van der Waals surface area contributed by atoms with Crippen LogP contribution in [0.25, 0.3) is 0 Å². The zero-order chi connectivity index (χ0) is 13.4. The maximum absolute atomic E-state index is 12.6. The maximum Gasteiger partial charge on any atom is 0.171 e. The van der Waals surface area contributed by atoms with Crippen molar-refractivity contribution < 1.29 is 4.79 Å². The Hall–Kier alpha value is -1.67. The van der Waals surface area contributed by atoms with E-state index in [9.17, 15) is 4.79 Å². The number of ketones is 1. The van der Waals surface area contributed by atoms with Gasteiger partial charge in [0.25, 0.3) is 0 Å². The van der Waals surface area contributed by atoms with Crippen LogP contribution < -0.4 is 0 Å². The average Bonchev–Trinajstić information content (AvgIpc) is 2.85. The van der Waals surface area contributed by atoms with Gasteiger partial charge in [-0.25, -0.2) is 0 Å². The standard InChI is InChI=1S/C16H14ClNO/c1-10-9-12(5-7-14(10)17)16(19)13-6-4-11-3-2-8-18-15(11)13/h2-3,5,7-9,13H,4,6H2,1H3. The summed E-state index contributed by atoms with van der Waals surface area (Å²) in [5, 5.41) is 0.696. The van der Waals surface area contributed by atoms with Crippen LogP contribution in [0, 0.1) is 6.92 Å². The molecular formula is C16H14ClNO. The fourth-order valence-electron chi connectivity index (χ4n) is 2.67. The number of carbonyl (C=O) groups excluding carboxylic acids is 1. The lowest BCUT2D eigenvalue weighted by molar-refractivity contribution is 0.0958. The predicted octanol–water partition coefficient (Wildman–Crippen LogP) is 3.96. The molecule has 1 aromatic heterocycles. The quantitative estimate of drug-likeness (QED) is 0.774. The molecule has 0 saturated carbocycles. The van der Waals surface area contributed by atoms with E-state index in [2.05, 4.69) is 11.1 Å². The van der Waals surface area contributed by atoms with Crippen molar-refractivity contribution in [3.63, 3.8) is 0 Å². The maximum atomic E-state index is 12.6. The molecule has 1 unspecified atom stereocenters. The van der Waals surface area contributed by atoms with Gasteiger partial charge in [-0.05, 0) is 55.2 Å². The third-order valence-electron chi connectivity index (χ3n) is 3.72. The van der Waals surface area contributed by atoms with Gasteiger partial charge in [0, 0.05) is 16.8 Å². The van der Waals surface area contributed by atoms with E-state index in [1.54, 1.807) is 18.3 Å². The topological polar surface area (TPSA) is 30.0 Å². The smallest absolute Gasteiger partial charge is 0.171 e. The van der Waals surface area contributed by atoms with Gasteiger partial charge in [-0.1, -0.05) is 17.7 Å². The number of pyridine rings is 1. The molecule has 2 nitrogen and oxygen atoms in total. The number of fused-ring (bicyclic) bond motifs is 1. The number of aromatic nitrogens is 1. The molecule has 0 aliphatic heterocycles. The fourth-order valence-corrected chi connectivity index (χ4v) is 2.78. The average molecular weight is 272 g/mol. The largest absolute Gasteiger partial charge is 0.293 e. The lowest BCUT2D eigenvalue weighted by Crippen LogP contribution is -2.11. The van der Waals surface area contributed by atoms with Crippen LogP contribution in [0.5, 0.6) is 0 Å². The number of nitrogens with zero attached hydrogens (tertiary/aromatic N) is 1. The number of hydrogen-bond acceptors (Lipinski definition) is 2. The Balaban J connectivity index is 1.95. The molecule has 0 fully saturated rings. The highest BCUT2D eigenvalue weighted by molar-refractivity contribution is 6.31. The minimum Gasteiger partial charge on any atom is -0.293 e. The predicted molar refractivity (Wildman–Crippen MR) is 75.8 cm³/mol. The van der Waals surface area contributed by atoms with Crippen LogP contribution in [0.3, 0.4) is 0 Å². The van der Waals surface area contributed by atoms with E-state index in [4.69, 9.17) is 11.6 Å². The Morgan fingerprint density at radius 3 is 3.00 bits per heavy atom. The van der Waals surface area contributed by atoms with Crippen molar-refractivity contribution in [2.75, 3.05) is 0 Å². The van der Waals surface area contributed by atoms with Gasteiger partial charge in [0.15, 0.2) is 5.78 Å². The number of halogens is 1. The van der Waals surface area contributed by atoms with Crippen molar-refractivity contribution in [3.8, 4) is 0 Å².